The summed E-state index contributed by atoms with van der Waals surface area (Å²) in [5.74, 6) is -3.14. The van der Waals surface area contributed by atoms with Gasteiger partial charge < -0.3 is 39.0 Å². The third kappa shape index (κ3) is 46.3. The predicted molar refractivity (Wildman–Crippen MR) is 331 cm³/mol. The van der Waals surface area contributed by atoms with Gasteiger partial charge in [-0.25, -0.2) is 4.79 Å². The Kier molecular flexibility index (Phi) is 52.6. The van der Waals surface area contributed by atoms with Crippen molar-refractivity contribution in [2.24, 2.45) is 0 Å². The van der Waals surface area contributed by atoms with Crippen LogP contribution in [-0.2, 0) is 42.9 Å². The second kappa shape index (κ2) is 56.6. The van der Waals surface area contributed by atoms with Crippen LogP contribution in [0.15, 0.2) is 72.9 Å². The minimum absolute atomic E-state index is 0.0592. The highest BCUT2D eigenvalue weighted by atomic mass is 16.7. The summed E-state index contributed by atoms with van der Waals surface area (Å²) in [7, 11) is 0. The molecule has 0 aliphatic carbocycles. The van der Waals surface area contributed by atoms with Gasteiger partial charge in [0.2, 0.25) is 0 Å². The van der Waals surface area contributed by atoms with Gasteiger partial charge in [0.25, 0.3) is 0 Å². The summed E-state index contributed by atoms with van der Waals surface area (Å²) in [6.45, 7) is 5.87. The Labute approximate surface area is 493 Å². The summed E-state index contributed by atoms with van der Waals surface area (Å²) in [4.78, 5) is 51.4. The second-order valence-corrected chi connectivity index (χ2v) is 22.4. The quantitative estimate of drug-likeness (QED) is 0.0228. The molecule has 12 heteroatoms. The third-order valence-corrected chi connectivity index (χ3v) is 14.8. The van der Waals surface area contributed by atoms with Crippen LogP contribution in [0.2, 0.25) is 0 Å². The maximum Gasteiger partial charge on any atom is 0.335 e. The first-order valence-corrected chi connectivity index (χ1v) is 32.9. The molecule has 1 rings (SSSR count). The van der Waals surface area contributed by atoms with Gasteiger partial charge in [-0.3, -0.25) is 14.4 Å². The van der Waals surface area contributed by atoms with Crippen molar-refractivity contribution >= 4 is 23.9 Å². The number of rotatable bonds is 56. The molecule has 0 bridgehead atoms. The molecule has 12 nitrogen and oxygen atoms in total. The monoisotopic (exact) mass is 1140 g/mol. The maximum absolute atomic E-state index is 13.2. The minimum Gasteiger partial charge on any atom is -0.479 e. The van der Waals surface area contributed by atoms with Gasteiger partial charge in [0.1, 0.15) is 18.8 Å². The molecule has 1 aliphatic heterocycles. The predicted octanol–water partition coefficient (Wildman–Crippen LogP) is 17.7. The van der Waals surface area contributed by atoms with Gasteiger partial charge >= 0.3 is 23.9 Å². The van der Waals surface area contributed by atoms with Crippen molar-refractivity contribution < 1.29 is 58.2 Å². The largest absolute Gasteiger partial charge is 0.479 e. The number of hydrogen-bond acceptors (Lipinski definition) is 11. The molecular formula is C69H118O12. The lowest BCUT2D eigenvalue weighted by atomic mass is 9.98. The van der Waals surface area contributed by atoms with Crippen molar-refractivity contribution in [3.8, 4) is 0 Å². The highest BCUT2D eigenvalue weighted by molar-refractivity contribution is 5.74. The van der Waals surface area contributed by atoms with Gasteiger partial charge in [-0.15, -0.1) is 0 Å². The SMILES string of the molecule is CC/C=C\C/C=C\C/C=C\C/C=C\CCCCCCC(=O)OCC(COC1OC(C(=O)O)C(O)C(O)C1OC(=O)CCCCCCCCCCCCCCCCCCC)OC(=O)CCCCCCCCC/C=C\C/C=C\CCCCC. The molecule has 3 N–H and O–H groups in total. The Morgan fingerprint density at radius 3 is 1.21 bits per heavy atom. The van der Waals surface area contributed by atoms with Crippen molar-refractivity contribution in [1.29, 1.82) is 0 Å². The highest BCUT2D eigenvalue weighted by Gasteiger charge is 2.50. The molecule has 0 saturated carbocycles. The molecule has 0 amide bonds. The molecule has 0 radical (unpaired) electrons. The van der Waals surface area contributed by atoms with Crippen LogP contribution in [-0.4, -0.2) is 89.2 Å². The number of aliphatic carboxylic acids is 1. The molecule has 1 fully saturated rings. The minimum atomic E-state index is -1.91. The van der Waals surface area contributed by atoms with E-state index < -0.39 is 67.3 Å². The zero-order valence-electron chi connectivity index (χ0n) is 51.5. The number of aliphatic hydroxyl groups is 2. The molecule has 0 aromatic heterocycles. The average molecular weight is 1140 g/mol. The number of carbonyl (C=O) groups excluding carboxylic acids is 3. The van der Waals surface area contributed by atoms with Crippen LogP contribution >= 0.6 is 0 Å². The number of hydrogen-bond donors (Lipinski definition) is 3. The summed E-state index contributed by atoms with van der Waals surface area (Å²) in [6.07, 6.45) is 60.0. The fourth-order valence-corrected chi connectivity index (χ4v) is 9.74. The Morgan fingerprint density at radius 2 is 0.778 bits per heavy atom. The topological polar surface area (TPSA) is 175 Å². The van der Waals surface area contributed by atoms with E-state index in [1.807, 2.05) is 0 Å². The summed E-state index contributed by atoms with van der Waals surface area (Å²) in [5.41, 5.74) is 0. The number of unbranched alkanes of at least 4 members (excludes halogenated alkanes) is 30. The number of carboxylic acids is 1. The zero-order chi connectivity index (χ0) is 58.9. The Bertz CT molecular complexity index is 1680. The molecule has 466 valence electrons. The van der Waals surface area contributed by atoms with E-state index in [-0.39, 0.29) is 25.9 Å². The van der Waals surface area contributed by atoms with Crippen LogP contribution in [0.25, 0.3) is 0 Å². The average Bonchev–Trinajstić information content (AvgIpc) is 3.53. The van der Waals surface area contributed by atoms with E-state index >= 15 is 0 Å². The molecule has 0 aromatic rings. The summed E-state index contributed by atoms with van der Waals surface area (Å²) < 4.78 is 28.5. The van der Waals surface area contributed by atoms with Gasteiger partial charge in [-0.05, 0) is 89.9 Å². The van der Waals surface area contributed by atoms with Crippen molar-refractivity contribution in [3.63, 3.8) is 0 Å². The second-order valence-electron chi connectivity index (χ2n) is 22.4. The summed E-state index contributed by atoms with van der Waals surface area (Å²) >= 11 is 0. The maximum atomic E-state index is 13.2. The van der Waals surface area contributed by atoms with Crippen LogP contribution in [0.1, 0.15) is 290 Å². The fourth-order valence-electron chi connectivity index (χ4n) is 9.74. The lowest BCUT2D eigenvalue weighted by Gasteiger charge is -2.40. The Balaban J connectivity index is 2.67. The third-order valence-electron chi connectivity index (χ3n) is 14.8. The molecular weight excluding hydrogens is 1020 g/mol. The van der Waals surface area contributed by atoms with Crippen LogP contribution in [0.4, 0.5) is 0 Å². The lowest BCUT2D eigenvalue weighted by Crippen LogP contribution is -2.61. The van der Waals surface area contributed by atoms with Crippen LogP contribution in [0.5, 0.6) is 0 Å². The van der Waals surface area contributed by atoms with E-state index in [1.54, 1.807) is 0 Å². The molecule has 1 aliphatic rings. The standard InChI is InChI=1S/C69H118O12/c1-4-7-10-13-16-19-22-25-28-31-34-37-40-43-46-49-52-55-61(70)77-58-60(79-62(71)56-53-50-47-44-41-38-35-32-29-26-23-20-17-14-11-8-5-2)59-78-69-67(65(74)64(73)66(81-69)68(75)76)80-63(72)57-54-51-48-45-42-39-36-33-30-27-24-21-18-15-12-9-6-3/h7,10,16-17,19-20,25-26,28-29,34,37,60,64-67,69,73-74H,4-6,8-9,11-15,18,21-24,27,30-33,35-36,38-59H2,1-3H3,(H,75,76)/b10-7-,19-16-,20-17-,28-25-,29-26-,37-34-. The molecule has 6 atom stereocenters. The molecule has 0 aromatic carbocycles. The summed E-state index contributed by atoms with van der Waals surface area (Å²) in [6, 6.07) is 0. The Morgan fingerprint density at radius 1 is 0.420 bits per heavy atom. The number of carboxylic acid groups (broad SMARTS) is 1. The number of allylic oxidation sites excluding steroid dienone is 12. The van der Waals surface area contributed by atoms with Gasteiger partial charge in [-0.2, -0.15) is 0 Å². The molecule has 1 heterocycles. The molecule has 1 saturated heterocycles. The van der Waals surface area contributed by atoms with E-state index in [9.17, 15) is 34.5 Å². The van der Waals surface area contributed by atoms with Crippen molar-refractivity contribution in [1.82, 2.24) is 0 Å². The van der Waals surface area contributed by atoms with E-state index in [1.165, 1.54) is 109 Å². The van der Waals surface area contributed by atoms with Crippen LogP contribution < -0.4 is 0 Å². The fraction of sp³-hybridized carbons (Fsp3) is 0.768. The van der Waals surface area contributed by atoms with E-state index in [0.717, 1.165) is 122 Å². The first-order chi connectivity index (χ1) is 39.6. The van der Waals surface area contributed by atoms with Gasteiger partial charge in [0.15, 0.2) is 24.6 Å². The molecule has 6 unspecified atom stereocenters. The Hall–Kier alpha value is -3.84. The molecule has 0 spiro atoms. The highest BCUT2D eigenvalue weighted by Crippen LogP contribution is 2.27. The number of ether oxygens (including phenoxy) is 5. The van der Waals surface area contributed by atoms with E-state index in [4.69, 9.17) is 23.7 Å². The normalized spacial score (nSPS) is 18.2. The van der Waals surface area contributed by atoms with Gasteiger partial charge in [0.05, 0.1) is 6.61 Å². The van der Waals surface area contributed by atoms with Crippen molar-refractivity contribution in [3.05, 3.63) is 72.9 Å². The first kappa shape index (κ1) is 75.2. The van der Waals surface area contributed by atoms with Gasteiger partial charge in [-0.1, -0.05) is 254 Å². The zero-order valence-corrected chi connectivity index (χ0v) is 51.5. The van der Waals surface area contributed by atoms with Crippen molar-refractivity contribution in [2.45, 2.75) is 327 Å². The summed E-state index contributed by atoms with van der Waals surface area (Å²) in [5, 5.41) is 31.6. The smallest absolute Gasteiger partial charge is 0.335 e. The van der Waals surface area contributed by atoms with E-state index in [0.29, 0.717) is 19.3 Å². The van der Waals surface area contributed by atoms with Crippen LogP contribution in [0.3, 0.4) is 0 Å². The molecule has 81 heavy (non-hydrogen) atoms. The first-order valence-electron chi connectivity index (χ1n) is 32.9. The van der Waals surface area contributed by atoms with Crippen molar-refractivity contribution in [2.75, 3.05) is 13.2 Å². The van der Waals surface area contributed by atoms with Crippen LogP contribution in [0, 0.1) is 0 Å². The number of esters is 3. The number of aliphatic hydroxyl groups excluding tert-OH is 2. The van der Waals surface area contributed by atoms with E-state index in [2.05, 4.69) is 93.7 Å². The van der Waals surface area contributed by atoms with Gasteiger partial charge in [0, 0.05) is 19.3 Å². The lowest BCUT2D eigenvalue weighted by molar-refractivity contribution is -0.301. The number of carbonyl (C=O) groups is 4.